The number of carboxylic acid groups (broad SMARTS) is 1. The second kappa shape index (κ2) is 7.38. The average Bonchev–Trinajstić information content (AvgIpc) is 2.88. The van der Waals surface area contributed by atoms with E-state index in [-0.39, 0.29) is 12.0 Å². The molecule has 28 heavy (non-hydrogen) atoms. The molecule has 1 aromatic carbocycles. The van der Waals surface area contributed by atoms with Crippen molar-refractivity contribution in [3.05, 3.63) is 23.8 Å². The van der Waals surface area contributed by atoms with E-state index in [1.807, 2.05) is 6.07 Å². The molecule has 0 bridgehead atoms. The predicted octanol–water partition coefficient (Wildman–Crippen LogP) is 3.16. The number of benzene rings is 1. The number of rotatable bonds is 5. The van der Waals surface area contributed by atoms with E-state index in [1.165, 1.54) is 5.32 Å². The number of alkyl halides is 3. The van der Waals surface area contributed by atoms with Crippen LogP contribution >= 0.6 is 0 Å². The van der Waals surface area contributed by atoms with E-state index in [2.05, 4.69) is 10.3 Å². The molecule has 0 aliphatic heterocycles. The average molecular weight is 395 g/mol. The van der Waals surface area contributed by atoms with Gasteiger partial charge in [-0.2, -0.15) is 18.4 Å². The zero-order valence-corrected chi connectivity index (χ0v) is 14.5. The van der Waals surface area contributed by atoms with Crippen LogP contribution in [0.4, 0.5) is 23.9 Å². The molecular weight excluding hydrogens is 379 g/mol. The molecule has 3 N–H and O–H groups in total. The summed E-state index contributed by atoms with van der Waals surface area (Å²) >= 11 is 0. The largest absolute Gasteiger partial charge is 0.465 e. The number of halogens is 3. The van der Waals surface area contributed by atoms with Gasteiger partial charge in [0.15, 0.2) is 0 Å². The lowest BCUT2D eigenvalue weighted by Gasteiger charge is -2.29. The van der Waals surface area contributed by atoms with E-state index in [1.54, 1.807) is 22.8 Å². The van der Waals surface area contributed by atoms with Crippen LogP contribution in [0.5, 0.6) is 0 Å². The van der Waals surface area contributed by atoms with Gasteiger partial charge in [-0.05, 0) is 37.5 Å². The van der Waals surface area contributed by atoms with Gasteiger partial charge in [0.2, 0.25) is 11.9 Å². The zero-order valence-electron chi connectivity index (χ0n) is 14.5. The first kappa shape index (κ1) is 19.5. The summed E-state index contributed by atoms with van der Waals surface area (Å²) < 4.78 is 40.5. The molecule has 2 aromatic rings. The standard InChI is InChI=1S/C17H16F3N5O3/c18-17(19,20)13(23-16(27)28)7-14(26)24-15-22-11-5-4-9(8-21)6-12(11)25(15)10-2-1-3-10/h4-6,10,13,23H,1-3,7H2,(H,27,28)(H,22,24,26). The third kappa shape index (κ3) is 4.00. The molecule has 1 aliphatic carbocycles. The van der Waals surface area contributed by atoms with Gasteiger partial charge in [-0.15, -0.1) is 0 Å². The van der Waals surface area contributed by atoms with Gasteiger partial charge in [-0.25, -0.2) is 9.78 Å². The van der Waals surface area contributed by atoms with Gasteiger partial charge in [0.25, 0.3) is 0 Å². The number of amides is 2. The van der Waals surface area contributed by atoms with Gasteiger partial charge in [-0.3, -0.25) is 10.1 Å². The molecule has 3 rings (SSSR count). The first-order valence-electron chi connectivity index (χ1n) is 8.47. The first-order valence-corrected chi connectivity index (χ1v) is 8.47. The highest BCUT2D eigenvalue weighted by atomic mass is 19.4. The number of carbonyl (C=O) groups excluding carboxylic acids is 1. The van der Waals surface area contributed by atoms with Crippen molar-refractivity contribution in [3.8, 4) is 6.07 Å². The highest BCUT2D eigenvalue weighted by Crippen LogP contribution is 2.37. The summed E-state index contributed by atoms with van der Waals surface area (Å²) in [4.78, 5) is 27.0. The summed E-state index contributed by atoms with van der Waals surface area (Å²) in [7, 11) is 0. The van der Waals surface area contributed by atoms with Crippen molar-refractivity contribution >= 4 is 29.0 Å². The van der Waals surface area contributed by atoms with Crippen LogP contribution in [-0.4, -0.2) is 38.9 Å². The Balaban J connectivity index is 1.87. The number of aromatic nitrogens is 2. The van der Waals surface area contributed by atoms with Gasteiger partial charge in [-0.1, -0.05) is 0 Å². The van der Waals surface area contributed by atoms with E-state index < -0.39 is 30.6 Å². The van der Waals surface area contributed by atoms with Crippen molar-refractivity contribution in [2.45, 2.75) is 43.9 Å². The van der Waals surface area contributed by atoms with Crippen molar-refractivity contribution in [1.82, 2.24) is 14.9 Å². The topological polar surface area (TPSA) is 120 Å². The third-order valence-electron chi connectivity index (χ3n) is 4.59. The Morgan fingerprint density at radius 2 is 2.11 bits per heavy atom. The molecule has 1 aromatic heterocycles. The molecule has 1 unspecified atom stereocenters. The minimum atomic E-state index is -4.91. The van der Waals surface area contributed by atoms with Crippen LogP contribution in [0.25, 0.3) is 11.0 Å². The highest BCUT2D eigenvalue weighted by molar-refractivity contribution is 5.92. The van der Waals surface area contributed by atoms with Crippen LogP contribution in [0.3, 0.4) is 0 Å². The van der Waals surface area contributed by atoms with Crippen molar-refractivity contribution in [2.24, 2.45) is 0 Å². The molecule has 1 saturated carbocycles. The Kier molecular flexibility index (Phi) is 5.13. The van der Waals surface area contributed by atoms with E-state index >= 15 is 0 Å². The molecular formula is C17H16F3N5O3. The molecule has 1 fully saturated rings. The summed E-state index contributed by atoms with van der Waals surface area (Å²) in [6.45, 7) is 0. The Morgan fingerprint density at radius 1 is 1.39 bits per heavy atom. The first-order chi connectivity index (χ1) is 13.2. The van der Waals surface area contributed by atoms with E-state index in [4.69, 9.17) is 10.4 Å². The van der Waals surface area contributed by atoms with Gasteiger partial charge >= 0.3 is 12.3 Å². The number of fused-ring (bicyclic) bond motifs is 1. The number of nitrogens with zero attached hydrogens (tertiary/aromatic N) is 3. The number of carbonyl (C=O) groups is 2. The summed E-state index contributed by atoms with van der Waals surface area (Å²) in [6, 6.07) is 4.27. The SMILES string of the molecule is N#Cc1ccc2nc(NC(=O)CC(NC(=O)O)C(F)(F)F)n(C3CCC3)c2c1. The number of nitriles is 1. The van der Waals surface area contributed by atoms with Gasteiger partial charge in [0, 0.05) is 6.04 Å². The third-order valence-corrected chi connectivity index (χ3v) is 4.59. The number of nitrogens with one attached hydrogen (secondary N) is 2. The minimum Gasteiger partial charge on any atom is -0.465 e. The predicted molar refractivity (Wildman–Crippen MR) is 91.6 cm³/mol. The second-order valence-electron chi connectivity index (χ2n) is 6.50. The molecule has 11 heteroatoms. The van der Waals surface area contributed by atoms with Crippen LogP contribution in [-0.2, 0) is 4.79 Å². The number of anilines is 1. The maximum Gasteiger partial charge on any atom is 0.409 e. The smallest absolute Gasteiger partial charge is 0.409 e. The summed E-state index contributed by atoms with van der Waals surface area (Å²) in [6.07, 6.45) is -5.30. The van der Waals surface area contributed by atoms with Crippen LogP contribution in [0.1, 0.15) is 37.3 Å². The number of hydrogen-bond donors (Lipinski definition) is 3. The quantitative estimate of drug-likeness (QED) is 0.718. The Labute approximate surface area is 157 Å². The monoisotopic (exact) mass is 395 g/mol. The van der Waals surface area contributed by atoms with E-state index in [0.29, 0.717) is 16.6 Å². The highest BCUT2D eigenvalue weighted by Gasteiger charge is 2.42. The van der Waals surface area contributed by atoms with Crippen LogP contribution < -0.4 is 10.6 Å². The maximum atomic E-state index is 12.9. The zero-order chi connectivity index (χ0) is 20.5. The fourth-order valence-corrected chi connectivity index (χ4v) is 3.02. The molecule has 8 nitrogen and oxygen atoms in total. The van der Waals surface area contributed by atoms with Gasteiger partial charge < -0.3 is 15.0 Å². The molecule has 148 valence electrons. The molecule has 1 aliphatic rings. The number of imidazole rings is 1. The Hall–Kier alpha value is -3.29. The lowest BCUT2D eigenvalue weighted by atomic mass is 9.92. The lowest BCUT2D eigenvalue weighted by Crippen LogP contribution is -2.46. The summed E-state index contributed by atoms with van der Waals surface area (Å²) in [5.74, 6) is -0.941. The van der Waals surface area contributed by atoms with Crippen LogP contribution in [0, 0.1) is 11.3 Å². The van der Waals surface area contributed by atoms with Gasteiger partial charge in [0.1, 0.15) is 6.04 Å². The fourth-order valence-electron chi connectivity index (χ4n) is 3.02. The molecule has 1 heterocycles. The molecule has 0 radical (unpaired) electrons. The minimum absolute atomic E-state index is 0.0183. The molecule has 0 saturated heterocycles. The van der Waals surface area contributed by atoms with Crippen LogP contribution in [0.2, 0.25) is 0 Å². The second-order valence-corrected chi connectivity index (χ2v) is 6.50. The van der Waals surface area contributed by atoms with Crippen molar-refractivity contribution in [2.75, 3.05) is 5.32 Å². The fraction of sp³-hybridized carbons (Fsp3) is 0.412. The Bertz CT molecular complexity index is 959. The maximum absolute atomic E-state index is 12.9. The Morgan fingerprint density at radius 3 is 2.64 bits per heavy atom. The number of hydrogen-bond acceptors (Lipinski definition) is 4. The van der Waals surface area contributed by atoms with Crippen molar-refractivity contribution in [3.63, 3.8) is 0 Å². The molecule has 1 atom stereocenters. The van der Waals surface area contributed by atoms with Crippen LogP contribution in [0.15, 0.2) is 18.2 Å². The van der Waals surface area contributed by atoms with Crippen molar-refractivity contribution < 1.29 is 27.9 Å². The lowest BCUT2D eigenvalue weighted by molar-refractivity contribution is -0.158. The van der Waals surface area contributed by atoms with Gasteiger partial charge in [0.05, 0.1) is 29.1 Å². The van der Waals surface area contributed by atoms with Crippen molar-refractivity contribution in [1.29, 1.82) is 5.26 Å². The van der Waals surface area contributed by atoms with E-state index in [9.17, 15) is 22.8 Å². The summed E-state index contributed by atoms with van der Waals surface area (Å²) in [5, 5.41) is 21.3. The van der Waals surface area contributed by atoms with E-state index in [0.717, 1.165) is 19.3 Å². The normalized spacial score (nSPS) is 15.5. The summed E-state index contributed by atoms with van der Waals surface area (Å²) in [5.41, 5.74) is 1.50. The molecule has 2 amide bonds. The molecule has 0 spiro atoms.